The molecule has 8 heteroatoms. The summed E-state index contributed by atoms with van der Waals surface area (Å²) in [5.41, 5.74) is -0.537. The molecule has 0 aromatic heterocycles. The molecule has 0 bridgehead atoms. The van der Waals surface area contributed by atoms with Gasteiger partial charge in [0.05, 0.1) is 9.85 Å². The van der Waals surface area contributed by atoms with Crippen molar-refractivity contribution in [1.29, 1.82) is 0 Å². The molecule has 8 nitrogen and oxygen atoms in total. The molecular weight excluding hydrogens is 280 g/mol. The summed E-state index contributed by atoms with van der Waals surface area (Å²) in [4.78, 5) is 29.6. The number of aromatic carboxylic acids is 1. The van der Waals surface area contributed by atoms with E-state index < -0.39 is 15.8 Å². The summed E-state index contributed by atoms with van der Waals surface area (Å²) in [5, 5.41) is 28.8. The average molecular weight is 290 g/mol. The normalized spacial score (nSPS) is 9.14. The Morgan fingerprint density at radius 1 is 0.857 bits per heavy atom. The van der Waals surface area contributed by atoms with E-state index in [-0.39, 0.29) is 16.9 Å². The van der Waals surface area contributed by atoms with Crippen LogP contribution >= 0.6 is 0 Å². The van der Waals surface area contributed by atoms with Crippen molar-refractivity contribution in [3.8, 4) is 0 Å². The summed E-state index contributed by atoms with van der Waals surface area (Å²) in [6, 6.07) is 13.1. The lowest BCUT2D eigenvalue weighted by Gasteiger charge is -1.94. The number of benzene rings is 2. The molecule has 21 heavy (non-hydrogen) atoms. The fourth-order valence-corrected chi connectivity index (χ4v) is 1.36. The summed E-state index contributed by atoms with van der Waals surface area (Å²) >= 11 is 0. The van der Waals surface area contributed by atoms with Crippen LogP contribution in [0.1, 0.15) is 10.4 Å². The lowest BCUT2D eigenvalue weighted by molar-refractivity contribution is -0.385. The van der Waals surface area contributed by atoms with Crippen molar-refractivity contribution in [2.45, 2.75) is 0 Å². The molecule has 0 fully saturated rings. The van der Waals surface area contributed by atoms with Gasteiger partial charge in [0.2, 0.25) is 0 Å². The maximum Gasteiger partial charge on any atom is 0.342 e. The van der Waals surface area contributed by atoms with Gasteiger partial charge in [-0.2, -0.15) is 0 Å². The highest BCUT2D eigenvalue weighted by molar-refractivity contribution is 5.92. The molecule has 0 amide bonds. The molecule has 2 rings (SSSR count). The minimum absolute atomic E-state index is 0.137. The quantitative estimate of drug-likeness (QED) is 0.684. The second-order valence-corrected chi connectivity index (χ2v) is 3.67. The van der Waals surface area contributed by atoms with E-state index in [2.05, 4.69) is 0 Å². The molecule has 2 aromatic carbocycles. The van der Waals surface area contributed by atoms with Crippen LogP contribution < -0.4 is 0 Å². The van der Waals surface area contributed by atoms with E-state index in [1.165, 1.54) is 30.3 Å². The van der Waals surface area contributed by atoms with Crippen LogP contribution in [0, 0.1) is 20.2 Å². The zero-order chi connectivity index (χ0) is 15.8. The highest BCUT2D eigenvalue weighted by Crippen LogP contribution is 2.16. The average Bonchev–Trinajstić information content (AvgIpc) is 2.48. The zero-order valence-corrected chi connectivity index (χ0v) is 10.6. The number of nitro benzene ring substituents is 2. The molecule has 0 heterocycles. The Labute approximate surface area is 118 Å². The van der Waals surface area contributed by atoms with Crippen molar-refractivity contribution in [2.75, 3.05) is 0 Å². The monoisotopic (exact) mass is 290 g/mol. The van der Waals surface area contributed by atoms with Crippen molar-refractivity contribution < 1.29 is 19.7 Å². The van der Waals surface area contributed by atoms with Gasteiger partial charge in [-0.3, -0.25) is 20.2 Å². The smallest absolute Gasteiger partial charge is 0.342 e. The summed E-state index contributed by atoms with van der Waals surface area (Å²) < 4.78 is 0. The molecule has 2 aromatic rings. The fraction of sp³-hybridized carbons (Fsp3) is 0. The van der Waals surface area contributed by atoms with E-state index in [4.69, 9.17) is 5.11 Å². The lowest BCUT2D eigenvalue weighted by atomic mass is 10.2. The van der Waals surface area contributed by atoms with Gasteiger partial charge >= 0.3 is 5.97 Å². The molecule has 0 aliphatic heterocycles. The van der Waals surface area contributed by atoms with Gasteiger partial charge in [-0.15, -0.1) is 0 Å². The molecule has 0 radical (unpaired) electrons. The molecule has 1 N–H and O–H groups in total. The number of carboxylic acid groups (broad SMARTS) is 1. The number of non-ortho nitro benzene ring substituents is 1. The van der Waals surface area contributed by atoms with E-state index >= 15 is 0 Å². The highest BCUT2D eigenvalue weighted by atomic mass is 16.6. The lowest BCUT2D eigenvalue weighted by Crippen LogP contribution is -2.01. The van der Waals surface area contributed by atoms with E-state index in [9.17, 15) is 25.0 Å². The first-order valence-corrected chi connectivity index (χ1v) is 5.59. The van der Waals surface area contributed by atoms with Gasteiger partial charge in [0.25, 0.3) is 11.4 Å². The molecule has 0 saturated heterocycles. The molecule has 0 aliphatic carbocycles. The first kappa shape index (κ1) is 15.8. The number of carbonyl (C=O) groups is 1. The Bertz CT molecular complexity index is 624. The van der Waals surface area contributed by atoms with Gasteiger partial charge in [0.1, 0.15) is 5.56 Å². The number of carboxylic acids is 1. The zero-order valence-electron chi connectivity index (χ0n) is 10.6. The molecule has 0 atom stereocenters. The molecule has 0 saturated carbocycles. The van der Waals surface area contributed by atoms with Crippen LogP contribution in [0.15, 0.2) is 54.6 Å². The maximum absolute atomic E-state index is 10.4. The van der Waals surface area contributed by atoms with E-state index in [0.29, 0.717) is 0 Å². The third-order valence-electron chi connectivity index (χ3n) is 2.30. The standard InChI is InChI=1S/C7H5NO4.C6H5NO2/c9-7(10)5-3-1-2-4-6(5)8(11)12;8-7(9)6-4-2-1-3-5-6/h1-4H,(H,9,10);1-5H. The Balaban J connectivity index is 0.000000219. The summed E-state index contributed by atoms with van der Waals surface area (Å²) in [5.74, 6) is -1.29. The summed E-state index contributed by atoms with van der Waals surface area (Å²) in [7, 11) is 0. The first-order valence-electron chi connectivity index (χ1n) is 5.59. The Morgan fingerprint density at radius 2 is 1.38 bits per heavy atom. The van der Waals surface area contributed by atoms with E-state index in [0.717, 1.165) is 6.07 Å². The second kappa shape index (κ2) is 7.34. The van der Waals surface area contributed by atoms with Crippen LogP contribution in [0.3, 0.4) is 0 Å². The molecule has 0 unspecified atom stereocenters. The first-order chi connectivity index (χ1) is 9.93. The molecule has 108 valence electrons. The Hall–Kier alpha value is -3.29. The van der Waals surface area contributed by atoms with Crippen molar-refractivity contribution in [3.63, 3.8) is 0 Å². The van der Waals surface area contributed by atoms with Crippen molar-refractivity contribution in [1.82, 2.24) is 0 Å². The van der Waals surface area contributed by atoms with Gasteiger partial charge < -0.3 is 5.11 Å². The van der Waals surface area contributed by atoms with Crippen LogP contribution in [0.4, 0.5) is 11.4 Å². The number of rotatable bonds is 3. The minimum Gasteiger partial charge on any atom is -0.477 e. The highest BCUT2D eigenvalue weighted by Gasteiger charge is 2.17. The molecular formula is C13H10N2O6. The molecule has 0 spiro atoms. The van der Waals surface area contributed by atoms with Crippen molar-refractivity contribution in [3.05, 3.63) is 80.4 Å². The number of para-hydroxylation sites is 2. The van der Waals surface area contributed by atoms with E-state index in [1.54, 1.807) is 18.2 Å². The topological polar surface area (TPSA) is 124 Å². The van der Waals surface area contributed by atoms with Gasteiger partial charge in [-0.05, 0) is 6.07 Å². The van der Waals surface area contributed by atoms with Gasteiger partial charge in [0, 0.05) is 18.2 Å². The minimum atomic E-state index is -1.29. The number of hydrogen-bond donors (Lipinski definition) is 1. The summed E-state index contributed by atoms with van der Waals surface area (Å²) in [6.45, 7) is 0. The maximum atomic E-state index is 10.4. The SMILES string of the molecule is O=C(O)c1ccccc1[N+](=O)[O-].O=[N+]([O-])c1ccccc1. The fourth-order valence-electron chi connectivity index (χ4n) is 1.36. The van der Waals surface area contributed by atoms with Crippen LogP contribution in [0.25, 0.3) is 0 Å². The van der Waals surface area contributed by atoms with Gasteiger partial charge in [-0.1, -0.05) is 30.3 Å². The second-order valence-electron chi connectivity index (χ2n) is 3.67. The van der Waals surface area contributed by atoms with Crippen molar-refractivity contribution >= 4 is 17.3 Å². The van der Waals surface area contributed by atoms with Gasteiger partial charge in [0.15, 0.2) is 0 Å². The van der Waals surface area contributed by atoms with Crippen LogP contribution in [-0.4, -0.2) is 20.9 Å². The third kappa shape index (κ3) is 4.71. The van der Waals surface area contributed by atoms with E-state index in [1.807, 2.05) is 0 Å². The molecule has 0 aliphatic rings. The predicted molar refractivity (Wildman–Crippen MR) is 73.2 cm³/mol. The van der Waals surface area contributed by atoms with Crippen LogP contribution in [-0.2, 0) is 0 Å². The Morgan fingerprint density at radius 3 is 1.76 bits per heavy atom. The third-order valence-corrected chi connectivity index (χ3v) is 2.30. The van der Waals surface area contributed by atoms with Gasteiger partial charge in [-0.25, -0.2) is 4.79 Å². The predicted octanol–water partition coefficient (Wildman–Crippen LogP) is 2.89. The number of hydrogen-bond acceptors (Lipinski definition) is 5. The number of nitrogens with zero attached hydrogens (tertiary/aromatic N) is 2. The van der Waals surface area contributed by atoms with Crippen LogP contribution in [0.2, 0.25) is 0 Å². The Kier molecular flexibility index (Phi) is 5.51. The van der Waals surface area contributed by atoms with Crippen LogP contribution in [0.5, 0.6) is 0 Å². The van der Waals surface area contributed by atoms with Crippen molar-refractivity contribution in [2.24, 2.45) is 0 Å². The largest absolute Gasteiger partial charge is 0.477 e. The number of nitro groups is 2. The summed E-state index contributed by atoms with van der Waals surface area (Å²) in [6.07, 6.45) is 0.